The topological polar surface area (TPSA) is 78.9 Å². The van der Waals surface area contributed by atoms with Crippen LogP contribution in [-0.2, 0) is 28.6 Å². The average molecular weight is 1020 g/mol. The maximum Gasteiger partial charge on any atom is 0.306 e. The molecule has 0 N–H and O–H groups in total. The number of hydrogen-bond acceptors (Lipinski definition) is 6. The fourth-order valence-electron chi connectivity index (χ4n) is 9.51. The van der Waals surface area contributed by atoms with Gasteiger partial charge in [0.2, 0.25) is 0 Å². The van der Waals surface area contributed by atoms with Crippen molar-refractivity contribution < 1.29 is 28.6 Å². The summed E-state index contributed by atoms with van der Waals surface area (Å²) in [6.07, 6.45) is 77.0. The van der Waals surface area contributed by atoms with Crippen LogP contribution in [0.4, 0.5) is 0 Å². The highest BCUT2D eigenvalue weighted by Crippen LogP contribution is 2.18. The summed E-state index contributed by atoms with van der Waals surface area (Å²) < 4.78 is 16.9. The zero-order chi connectivity index (χ0) is 52.9. The predicted octanol–water partition coefficient (Wildman–Crippen LogP) is 21.8. The molecule has 1 unspecified atom stereocenters. The first-order valence-corrected chi connectivity index (χ1v) is 32.1. The smallest absolute Gasteiger partial charge is 0.306 e. The van der Waals surface area contributed by atoms with Gasteiger partial charge < -0.3 is 14.2 Å². The van der Waals surface area contributed by atoms with Crippen molar-refractivity contribution in [2.24, 2.45) is 0 Å². The molecule has 426 valence electrons. The lowest BCUT2D eigenvalue weighted by atomic mass is 10.0. The van der Waals surface area contributed by atoms with Gasteiger partial charge in [0.1, 0.15) is 13.2 Å². The Morgan fingerprint density at radius 2 is 0.534 bits per heavy atom. The number of carbonyl (C=O) groups is 3. The minimum Gasteiger partial charge on any atom is -0.462 e. The number of esters is 3. The van der Waals surface area contributed by atoms with Crippen molar-refractivity contribution in [3.63, 3.8) is 0 Å². The van der Waals surface area contributed by atoms with Gasteiger partial charge in [0.15, 0.2) is 6.10 Å². The molecule has 0 bridgehead atoms. The summed E-state index contributed by atoms with van der Waals surface area (Å²) in [4.78, 5) is 38.2. The van der Waals surface area contributed by atoms with E-state index in [1.165, 1.54) is 218 Å². The van der Waals surface area contributed by atoms with E-state index in [4.69, 9.17) is 14.2 Å². The number of carbonyl (C=O) groups excluding carboxylic acids is 3. The van der Waals surface area contributed by atoms with Gasteiger partial charge in [0.25, 0.3) is 0 Å². The summed E-state index contributed by atoms with van der Waals surface area (Å²) in [5, 5.41) is 0. The molecule has 6 nitrogen and oxygen atoms in total. The van der Waals surface area contributed by atoms with Crippen molar-refractivity contribution in [2.75, 3.05) is 13.2 Å². The van der Waals surface area contributed by atoms with Gasteiger partial charge in [0, 0.05) is 19.3 Å². The van der Waals surface area contributed by atoms with Gasteiger partial charge in [-0.1, -0.05) is 294 Å². The molecule has 1 atom stereocenters. The second kappa shape index (κ2) is 61.9. The summed E-state index contributed by atoms with van der Waals surface area (Å²) in [6, 6.07) is 0. The Balaban J connectivity index is 4.25. The summed E-state index contributed by atoms with van der Waals surface area (Å²) in [7, 11) is 0. The highest BCUT2D eigenvalue weighted by molar-refractivity contribution is 5.71. The molecule has 6 heteroatoms. The van der Waals surface area contributed by atoms with E-state index in [1.807, 2.05) is 0 Å². The molecule has 0 saturated carbocycles. The summed E-state index contributed by atoms with van der Waals surface area (Å²) in [5.41, 5.74) is 0. The molecule has 0 aliphatic heterocycles. The van der Waals surface area contributed by atoms with Crippen molar-refractivity contribution in [2.45, 2.75) is 348 Å². The Kier molecular flexibility index (Phi) is 59.7. The Bertz CT molecular complexity index is 1270. The molecular formula is C67H122O6. The van der Waals surface area contributed by atoms with Crippen LogP contribution in [0.1, 0.15) is 342 Å². The lowest BCUT2D eigenvalue weighted by Gasteiger charge is -2.18. The third-order valence-electron chi connectivity index (χ3n) is 14.3. The van der Waals surface area contributed by atoms with Crippen LogP contribution in [0.2, 0.25) is 0 Å². The minimum absolute atomic E-state index is 0.0809. The van der Waals surface area contributed by atoms with Crippen molar-refractivity contribution >= 4 is 17.9 Å². The first kappa shape index (κ1) is 70.4. The van der Waals surface area contributed by atoms with Crippen LogP contribution in [0.25, 0.3) is 0 Å². The van der Waals surface area contributed by atoms with Crippen molar-refractivity contribution in [3.05, 3.63) is 48.6 Å². The van der Waals surface area contributed by atoms with E-state index >= 15 is 0 Å². The Morgan fingerprint density at radius 3 is 0.863 bits per heavy atom. The maximum atomic E-state index is 12.9. The second-order valence-corrected chi connectivity index (χ2v) is 21.6. The van der Waals surface area contributed by atoms with Crippen LogP contribution < -0.4 is 0 Å². The lowest BCUT2D eigenvalue weighted by Crippen LogP contribution is -2.30. The van der Waals surface area contributed by atoms with Crippen molar-refractivity contribution in [1.29, 1.82) is 0 Å². The minimum atomic E-state index is -0.786. The molecule has 0 rings (SSSR count). The van der Waals surface area contributed by atoms with Gasteiger partial charge in [0.05, 0.1) is 0 Å². The molecule has 0 aromatic heterocycles. The fourth-order valence-corrected chi connectivity index (χ4v) is 9.51. The zero-order valence-electron chi connectivity index (χ0n) is 48.9. The number of rotatable bonds is 59. The average Bonchev–Trinajstić information content (AvgIpc) is 3.39. The molecule has 0 radical (unpaired) electrons. The Labute approximate surface area is 454 Å². The SMILES string of the molecule is CC/C=C\C/C=C\C/C=C\CCCCCC(=O)OCC(COC(=O)CCCCCCCCCCCCCCCCCCCCCCCCCCC)OC(=O)CCCCCCCCC/C=C\CCCCCCCC. The van der Waals surface area contributed by atoms with Crippen LogP contribution >= 0.6 is 0 Å². The van der Waals surface area contributed by atoms with E-state index in [1.54, 1.807) is 0 Å². The molecule has 0 heterocycles. The van der Waals surface area contributed by atoms with Gasteiger partial charge in [-0.25, -0.2) is 0 Å². The van der Waals surface area contributed by atoms with Gasteiger partial charge >= 0.3 is 17.9 Å². The summed E-state index contributed by atoms with van der Waals surface area (Å²) in [6.45, 7) is 6.55. The van der Waals surface area contributed by atoms with E-state index in [0.29, 0.717) is 19.3 Å². The third kappa shape index (κ3) is 60.1. The number of allylic oxidation sites excluding steroid dienone is 8. The molecule has 0 spiro atoms. The standard InChI is InChI=1S/C67H122O6/c1-4-7-10-13-16-19-22-25-27-29-30-31-32-33-34-35-36-38-39-42-45-48-51-54-57-60-66(69)72-63-64(62-71-65(68)59-56-53-50-47-44-41-24-21-18-15-12-9-6-3)73-67(70)61-58-55-52-49-46-43-40-37-28-26-23-20-17-14-11-8-5-2/h9,12,18,21,26,28,41,44,64H,4-8,10-11,13-17,19-20,22-25,27,29-40,42-43,45-63H2,1-3H3/b12-9-,21-18-,28-26-,44-41-. The van der Waals surface area contributed by atoms with E-state index in [0.717, 1.165) is 83.5 Å². The molecule has 0 aliphatic carbocycles. The number of unbranched alkanes of at least 4 members (excludes halogenated alkanes) is 40. The van der Waals surface area contributed by atoms with Crippen LogP contribution in [0.15, 0.2) is 48.6 Å². The van der Waals surface area contributed by atoms with Crippen LogP contribution in [-0.4, -0.2) is 37.2 Å². The maximum absolute atomic E-state index is 12.9. The van der Waals surface area contributed by atoms with Crippen LogP contribution in [0.5, 0.6) is 0 Å². The van der Waals surface area contributed by atoms with Crippen LogP contribution in [0, 0.1) is 0 Å². The summed E-state index contributed by atoms with van der Waals surface area (Å²) in [5.74, 6) is -0.897. The highest BCUT2D eigenvalue weighted by Gasteiger charge is 2.19. The van der Waals surface area contributed by atoms with Gasteiger partial charge in [-0.3, -0.25) is 14.4 Å². The van der Waals surface area contributed by atoms with Gasteiger partial charge in [-0.15, -0.1) is 0 Å². The van der Waals surface area contributed by atoms with E-state index < -0.39 is 6.10 Å². The normalized spacial score (nSPS) is 12.3. The van der Waals surface area contributed by atoms with Crippen LogP contribution in [0.3, 0.4) is 0 Å². The lowest BCUT2D eigenvalue weighted by molar-refractivity contribution is -0.167. The molecule has 0 aromatic carbocycles. The first-order chi connectivity index (χ1) is 36.0. The molecule has 0 amide bonds. The van der Waals surface area contributed by atoms with Gasteiger partial charge in [-0.05, 0) is 77.0 Å². The Morgan fingerprint density at radius 1 is 0.288 bits per heavy atom. The fraction of sp³-hybridized carbons (Fsp3) is 0.836. The largest absolute Gasteiger partial charge is 0.462 e. The van der Waals surface area contributed by atoms with Crippen molar-refractivity contribution in [1.82, 2.24) is 0 Å². The van der Waals surface area contributed by atoms with E-state index in [2.05, 4.69) is 69.4 Å². The first-order valence-electron chi connectivity index (χ1n) is 32.1. The Hall–Kier alpha value is -2.63. The molecule has 73 heavy (non-hydrogen) atoms. The number of ether oxygens (including phenoxy) is 3. The van der Waals surface area contributed by atoms with Gasteiger partial charge in [-0.2, -0.15) is 0 Å². The molecule has 0 saturated heterocycles. The molecular weight excluding hydrogens is 901 g/mol. The highest BCUT2D eigenvalue weighted by atomic mass is 16.6. The monoisotopic (exact) mass is 1020 g/mol. The second-order valence-electron chi connectivity index (χ2n) is 21.6. The van der Waals surface area contributed by atoms with Crippen molar-refractivity contribution in [3.8, 4) is 0 Å². The molecule has 0 aliphatic rings. The third-order valence-corrected chi connectivity index (χ3v) is 14.3. The zero-order valence-corrected chi connectivity index (χ0v) is 48.9. The van der Waals surface area contributed by atoms with E-state index in [-0.39, 0.29) is 31.1 Å². The van der Waals surface area contributed by atoms with E-state index in [9.17, 15) is 14.4 Å². The molecule has 0 aromatic rings. The molecule has 0 fully saturated rings. The quantitative estimate of drug-likeness (QED) is 0.0261. The number of hydrogen-bond donors (Lipinski definition) is 0. The predicted molar refractivity (Wildman–Crippen MR) is 316 cm³/mol. The summed E-state index contributed by atoms with van der Waals surface area (Å²) >= 11 is 0.